The van der Waals surface area contributed by atoms with Crippen LogP contribution in [0.2, 0.25) is 0 Å². The maximum absolute atomic E-state index is 5.41. The van der Waals surface area contributed by atoms with Gasteiger partial charge in [-0.1, -0.05) is 55.1 Å². The Balaban J connectivity index is 2.01. The lowest BCUT2D eigenvalue weighted by atomic mass is 9.94. The Bertz CT molecular complexity index is 765. The minimum Gasteiger partial charge on any atom is -0.264 e. The van der Waals surface area contributed by atoms with Gasteiger partial charge >= 0.3 is 0 Å². The highest BCUT2D eigenvalue weighted by molar-refractivity contribution is 7.95. The summed E-state index contributed by atoms with van der Waals surface area (Å²) in [6, 6.07) is 17.0. The second-order valence-corrected chi connectivity index (χ2v) is 6.54. The lowest BCUT2D eigenvalue weighted by Crippen LogP contribution is -2.30. The van der Waals surface area contributed by atoms with Crippen LogP contribution in [0.4, 0.5) is 0 Å². The van der Waals surface area contributed by atoms with Gasteiger partial charge in [-0.15, -0.1) is 0 Å². The minimum atomic E-state index is 0.255. The molecule has 0 aliphatic carbocycles. The zero-order chi connectivity index (χ0) is 17.1. The van der Waals surface area contributed by atoms with Gasteiger partial charge in [0, 0.05) is 41.4 Å². The third-order valence-corrected chi connectivity index (χ3v) is 4.36. The molecule has 2 aromatic carbocycles. The topological polar surface area (TPSA) is 53.6 Å². The van der Waals surface area contributed by atoms with Crippen LogP contribution in [0.3, 0.4) is 0 Å². The van der Waals surface area contributed by atoms with Crippen molar-refractivity contribution in [2.45, 2.75) is 26.4 Å². The van der Waals surface area contributed by atoms with E-state index in [2.05, 4.69) is 61.5 Å². The second kappa shape index (κ2) is 7.21. The zero-order valence-electron chi connectivity index (χ0n) is 14.0. The molecule has 1 aliphatic heterocycles. The molecule has 3 N–H and O–H groups in total. The van der Waals surface area contributed by atoms with E-state index in [0.29, 0.717) is 0 Å². The summed E-state index contributed by atoms with van der Waals surface area (Å²) >= 11 is 1.13. The molecule has 2 aromatic rings. The summed E-state index contributed by atoms with van der Waals surface area (Å²) in [6.07, 6.45) is 0. The average Bonchev–Trinajstić information content (AvgIpc) is 2.61. The van der Waals surface area contributed by atoms with Crippen molar-refractivity contribution in [3.05, 3.63) is 77.4 Å². The molecule has 0 amide bonds. The maximum Gasteiger partial charge on any atom is 0.0987 e. The normalized spacial score (nSPS) is 13.9. The van der Waals surface area contributed by atoms with E-state index in [1.165, 1.54) is 5.56 Å². The Hall–Kier alpha value is -2.08. The lowest BCUT2D eigenvalue weighted by Gasteiger charge is -2.32. The minimum absolute atomic E-state index is 0.255. The summed E-state index contributed by atoms with van der Waals surface area (Å²) in [4.78, 5) is 0. The molecule has 0 atom stereocenters. The smallest absolute Gasteiger partial charge is 0.0987 e. The summed E-state index contributed by atoms with van der Waals surface area (Å²) < 4.78 is 3.05. The largest absolute Gasteiger partial charge is 0.264 e. The van der Waals surface area contributed by atoms with Crippen LogP contribution in [0.5, 0.6) is 0 Å². The Labute approximate surface area is 147 Å². The van der Waals surface area contributed by atoms with Gasteiger partial charge in [-0.3, -0.25) is 10.1 Å². The highest BCUT2D eigenvalue weighted by atomic mass is 32.2. The first-order chi connectivity index (χ1) is 11.6. The number of nitrogens with one attached hydrogen (secondary N) is 1. The number of rotatable bonds is 5. The molecule has 24 heavy (non-hydrogen) atoms. The molecule has 0 aromatic heterocycles. The fraction of sp³-hybridized carbons (Fsp3) is 0.211. The molecule has 124 valence electrons. The molecule has 4 nitrogen and oxygen atoms in total. The van der Waals surface area contributed by atoms with E-state index in [4.69, 9.17) is 10.2 Å². The van der Waals surface area contributed by atoms with Crippen molar-refractivity contribution in [1.82, 2.24) is 9.73 Å². The molecule has 0 radical (unpaired) electrons. The first kappa shape index (κ1) is 16.8. The second-order valence-electron chi connectivity index (χ2n) is 6.02. The van der Waals surface area contributed by atoms with Crippen LogP contribution in [0, 0.1) is 0 Å². The van der Waals surface area contributed by atoms with Gasteiger partial charge in [-0.05, 0) is 19.4 Å². The predicted octanol–water partition coefficient (Wildman–Crippen LogP) is 3.75. The van der Waals surface area contributed by atoms with Crippen LogP contribution < -0.4 is 9.86 Å². The van der Waals surface area contributed by atoms with Gasteiger partial charge in [-0.25, -0.2) is 4.72 Å². The van der Waals surface area contributed by atoms with Crippen LogP contribution in [0.1, 0.15) is 36.1 Å². The molecule has 0 unspecified atom stereocenters. The standard InChI is InChI=1S/C19H22N4S/c1-13(2)23-14(3)17-6-4-5-7-18(17)19(22-23)16-10-8-15(9-11-16)12-21-24-20/h4-11,13,21H,3,12,20H2,1-2H3. The number of nitrogens with zero attached hydrogens (tertiary/aromatic N) is 2. The molecule has 3 rings (SSSR count). The number of hydrazone groups is 1. The number of benzene rings is 2. The molecule has 1 aliphatic rings. The quantitative estimate of drug-likeness (QED) is 0.816. The molecular formula is C19H22N4S. The van der Waals surface area contributed by atoms with Crippen LogP contribution in [0.25, 0.3) is 5.70 Å². The van der Waals surface area contributed by atoms with E-state index in [9.17, 15) is 0 Å². The van der Waals surface area contributed by atoms with Crippen molar-refractivity contribution in [3.8, 4) is 0 Å². The summed E-state index contributed by atoms with van der Waals surface area (Å²) in [5.74, 6) is 0. The van der Waals surface area contributed by atoms with Gasteiger partial charge < -0.3 is 0 Å². The van der Waals surface area contributed by atoms with Gasteiger partial charge in [0.05, 0.1) is 11.4 Å². The maximum atomic E-state index is 5.41. The Morgan fingerprint density at radius 3 is 2.42 bits per heavy atom. The van der Waals surface area contributed by atoms with Gasteiger partial charge in [-0.2, -0.15) is 5.10 Å². The molecule has 5 heteroatoms. The van der Waals surface area contributed by atoms with Gasteiger partial charge in [0.2, 0.25) is 0 Å². The van der Waals surface area contributed by atoms with E-state index >= 15 is 0 Å². The third-order valence-electron chi connectivity index (χ3n) is 4.05. The molecule has 1 heterocycles. The molecule has 0 bridgehead atoms. The van der Waals surface area contributed by atoms with E-state index in [-0.39, 0.29) is 6.04 Å². The van der Waals surface area contributed by atoms with E-state index < -0.39 is 0 Å². The average molecular weight is 338 g/mol. The Morgan fingerprint density at radius 1 is 1.12 bits per heavy atom. The van der Waals surface area contributed by atoms with Gasteiger partial charge in [0.1, 0.15) is 0 Å². The predicted molar refractivity (Wildman–Crippen MR) is 103 cm³/mol. The van der Waals surface area contributed by atoms with Crippen LogP contribution >= 0.6 is 12.1 Å². The van der Waals surface area contributed by atoms with Crippen LogP contribution in [-0.2, 0) is 6.54 Å². The van der Waals surface area contributed by atoms with Crippen molar-refractivity contribution < 1.29 is 0 Å². The Kier molecular flexibility index (Phi) is 5.04. The van der Waals surface area contributed by atoms with Crippen molar-refractivity contribution in [2.75, 3.05) is 0 Å². The summed E-state index contributed by atoms with van der Waals surface area (Å²) in [5, 5.41) is 12.3. The van der Waals surface area contributed by atoms with Crippen molar-refractivity contribution in [2.24, 2.45) is 10.2 Å². The Morgan fingerprint density at radius 2 is 1.79 bits per heavy atom. The monoisotopic (exact) mass is 338 g/mol. The highest BCUT2D eigenvalue weighted by Crippen LogP contribution is 2.31. The van der Waals surface area contributed by atoms with Crippen molar-refractivity contribution >= 4 is 23.5 Å². The van der Waals surface area contributed by atoms with Crippen LogP contribution in [0.15, 0.2) is 60.2 Å². The van der Waals surface area contributed by atoms with E-state index in [1.54, 1.807) is 0 Å². The van der Waals surface area contributed by atoms with E-state index in [0.717, 1.165) is 46.8 Å². The number of hydrogen-bond acceptors (Lipinski definition) is 5. The fourth-order valence-corrected chi connectivity index (χ4v) is 3.08. The van der Waals surface area contributed by atoms with Crippen molar-refractivity contribution in [1.29, 1.82) is 0 Å². The third kappa shape index (κ3) is 3.24. The molecule has 0 saturated carbocycles. The summed E-state index contributed by atoms with van der Waals surface area (Å²) in [6.45, 7) is 9.22. The van der Waals surface area contributed by atoms with Gasteiger partial charge in [0.25, 0.3) is 0 Å². The number of hydrogen-bond donors (Lipinski definition) is 2. The summed E-state index contributed by atoms with van der Waals surface area (Å²) in [5.41, 5.74) is 6.49. The fourth-order valence-electron chi connectivity index (χ4n) is 2.83. The molecule has 0 saturated heterocycles. The molecule has 0 fully saturated rings. The van der Waals surface area contributed by atoms with Crippen LogP contribution in [-0.4, -0.2) is 16.8 Å². The summed E-state index contributed by atoms with van der Waals surface area (Å²) in [7, 11) is 0. The van der Waals surface area contributed by atoms with Gasteiger partial charge in [0.15, 0.2) is 0 Å². The first-order valence-corrected chi connectivity index (χ1v) is 8.84. The molecule has 0 spiro atoms. The van der Waals surface area contributed by atoms with Crippen molar-refractivity contribution in [3.63, 3.8) is 0 Å². The molecular weight excluding hydrogens is 316 g/mol. The number of fused-ring (bicyclic) bond motifs is 1. The SMILES string of the molecule is C=C1c2ccccc2C(c2ccc(CNSN)cc2)=NN1C(C)C. The lowest BCUT2D eigenvalue weighted by molar-refractivity contribution is 0.346. The first-order valence-electron chi connectivity index (χ1n) is 7.96. The number of nitrogens with two attached hydrogens (primary N) is 1. The van der Waals surface area contributed by atoms with E-state index in [1.807, 2.05) is 17.1 Å². The highest BCUT2D eigenvalue weighted by Gasteiger charge is 2.24. The zero-order valence-corrected chi connectivity index (χ0v) is 14.8.